The van der Waals surface area contributed by atoms with Crippen LogP contribution in [-0.2, 0) is 9.53 Å². The highest BCUT2D eigenvalue weighted by Gasteiger charge is 2.35. The van der Waals surface area contributed by atoms with Crippen molar-refractivity contribution < 1.29 is 14.3 Å². The standard InChI is InChI=1S/C10H11N3O3/c1-16-10(15)8-2-3-13(8)9-5-11-7(6-14)4-12-9/h4-6,8H,2-3H2,1H3. The zero-order valence-corrected chi connectivity index (χ0v) is 8.79. The maximum absolute atomic E-state index is 11.3. The molecule has 2 rings (SSSR count). The third-order valence-corrected chi connectivity index (χ3v) is 2.57. The van der Waals surface area contributed by atoms with Crippen LogP contribution in [0.3, 0.4) is 0 Å². The molecule has 1 aromatic rings. The second kappa shape index (κ2) is 4.26. The quantitative estimate of drug-likeness (QED) is 0.530. The summed E-state index contributed by atoms with van der Waals surface area (Å²) < 4.78 is 4.67. The van der Waals surface area contributed by atoms with Crippen molar-refractivity contribution in [3.05, 3.63) is 18.1 Å². The van der Waals surface area contributed by atoms with Crippen molar-refractivity contribution in [2.45, 2.75) is 12.5 Å². The average molecular weight is 221 g/mol. The molecule has 1 fully saturated rings. The van der Waals surface area contributed by atoms with E-state index in [1.165, 1.54) is 19.5 Å². The number of carbonyl (C=O) groups excluding carboxylic acids is 2. The highest BCUT2D eigenvalue weighted by molar-refractivity contribution is 5.81. The summed E-state index contributed by atoms with van der Waals surface area (Å²) in [6.07, 6.45) is 4.25. The SMILES string of the molecule is COC(=O)C1CCN1c1cnc(C=O)cn1. The van der Waals surface area contributed by atoms with Gasteiger partial charge in [0.25, 0.3) is 0 Å². The summed E-state index contributed by atoms with van der Waals surface area (Å²) in [5, 5.41) is 0. The van der Waals surface area contributed by atoms with Crippen molar-refractivity contribution in [3.63, 3.8) is 0 Å². The number of carbonyl (C=O) groups is 2. The number of hydrogen-bond donors (Lipinski definition) is 0. The molecule has 0 bridgehead atoms. The number of methoxy groups -OCH3 is 1. The molecule has 6 nitrogen and oxygen atoms in total. The summed E-state index contributed by atoms with van der Waals surface area (Å²) in [7, 11) is 1.36. The molecule has 84 valence electrons. The highest BCUT2D eigenvalue weighted by Crippen LogP contribution is 2.24. The second-order valence-corrected chi connectivity index (χ2v) is 3.44. The molecule has 0 saturated carbocycles. The molecule has 6 heteroatoms. The third-order valence-electron chi connectivity index (χ3n) is 2.57. The lowest BCUT2D eigenvalue weighted by Crippen LogP contribution is -2.53. The highest BCUT2D eigenvalue weighted by atomic mass is 16.5. The molecule has 16 heavy (non-hydrogen) atoms. The first-order valence-electron chi connectivity index (χ1n) is 4.88. The van der Waals surface area contributed by atoms with E-state index in [0.717, 1.165) is 13.0 Å². The van der Waals surface area contributed by atoms with Gasteiger partial charge in [0, 0.05) is 6.54 Å². The smallest absolute Gasteiger partial charge is 0.328 e. The van der Waals surface area contributed by atoms with Gasteiger partial charge in [-0.25, -0.2) is 14.8 Å². The number of nitrogens with zero attached hydrogens (tertiary/aromatic N) is 3. The predicted molar refractivity (Wildman–Crippen MR) is 55.2 cm³/mol. The average Bonchev–Trinajstić information content (AvgIpc) is 2.28. The number of aromatic nitrogens is 2. The minimum Gasteiger partial charge on any atom is -0.467 e. The molecule has 1 aliphatic rings. The van der Waals surface area contributed by atoms with E-state index in [9.17, 15) is 9.59 Å². The van der Waals surface area contributed by atoms with Crippen molar-refractivity contribution in [2.75, 3.05) is 18.6 Å². The summed E-state index contributed by atoms with van der Waals surface area (Å²) in [6, 6.07) is -0.276. The lowest BCUT2D eigenvalue weighted by Gasteiger charge is -2.39. The lowest BCUT2D eigenvalue weighted by molar-refractivity contribution is -0.143. The molecule has 0 amide bonds. The van der Waals surface area contributed by atoms with Crippen LogP contribution in [0.5, 0.6) is 0 Å². The zero-order valence-electron chi connectivity index (χ0n) is 8.79. The number of rotatable bonds is 3. The Balaban J connectivity index is 2.12. The van der Waals surface area contributed by atoms with Gasteiger partial charge in [-0.1, -0.05) is 0 Å². The number of aldehydes is 1. The van der Waals surface area contributed by atoms with E-state index in [1.807, 2.05) is 0 Å². The Morgan fingerprint density at radius 1 is 1.56 bits per heavy atom. The predicted octanol–water partition coefficient (Wildman–Crippen LogP) is 0.0408. The molecule has 1 unspecified atom stereocenters. The van der Waals surface area contributed by atoms with Gasteiger partial charge in [-0.3, -0.25) is 4.79 Å². The number of ether oxygens (including phenoxy) is 1. The maximum atomic E-state index is 11.3. The first-order chi connectivity index (χ1) is 7.76. The molecule has 1 saturated heterocycles. The van der Waals surface area contributed by atoms with Crippen LogP contribution in [0.2, 0.25) is 0 Å². The minimum absolute atomic E-state index is 0.271. The van der Waals surface area contributed by atoms with E-state index < -0.39 is 0 Å². The molecule has 1 atom stereocenters. The third kappa shape index (κ3) is 1.73. The van der Waals surface area contributed by atoms with Crippen LogP contribution in [-0.4, -0.2) is 41.9 Å². The van der Waals surface area contributed by atoms with E-state index in [4.69, 9.17) is 0 Å². The number of hydrogen-bond acceptors (Lipinski definition) is 6. The molecule has 0 aliphatic carbocycles. The van der Waals surface area contributed by atoms with Crippen LogP contribution in [0.4, 0.5) is 5.82 Å². The fourth-order valence-electron chi connectivity index (χ4n) is 1.58. The summed E-state index contributed by atoms with van der Waals surface area (Å²) in [6.45, 7) is 0.745. The zero-order chi connectivity index (χ0) is 11.5. The van der Waals surface area contributed by atoms with Crippen molar-refractivity contribution in [2.24, 2.45) is 0 Å². The van der Waals surface area contributed by atoms with Gasteiger partial charge in [0.1, 0.15) is 17.6 Å². The topological polar surface area (TPSA) is 72.4 Å². The van der Waals surface area contributed by atoms with Gasteiger partial charge in [-0.2, -0.15) is 0 Å². The van der Waals surface area contributed by atoms with Crippen molar-refractivity contribution in [3.8, 4) is 0 Å². The lowest BCUT2D eigenvalue weighted by atomic mass is 10.0. The number of anilines is 1. The molecular formula is C10H11N3O3. The van der Waals surface area contributed by atoms with Crippen LogP contribution >= 0.6 is 0 Å². The Hall–Kier alpha value is -1.98. The van der Waals surface area contributed by atoms with Crippen molar-refractivity contribution in [1.29, 1.82) is 0 Å². The summed E-state index contributed by atoms with van der Waals surface area (Å²) in [5.74, 6) is 0.319. The molecule has 1 aromatic heterocycles. The molecule has 1 aliphatic heterocycles. The second-order valence-electron chi connectivity index (χ2n) is 3.44. The van der Waals surface area contributed by atoms with Crippen molar-refractivity contribution in [1.82, 2.24) is 9.97 Å². The summed E-state index contributed by atoms with van der Waals surface area (Å²) in [5.41, 5.74) is 0.277. The Labute approximate surface area is 92.3 Å². The largest absolute Gasteiger partial charge is 0.467 e. The summed E-state index contributed by atoms with van der Waals surface area (Å²) in [4.78, 5) is 31.5. The van der Waals surface area contributed by atoms with Gasteiger partial charge in [0.05, 0.1) is 19.5 Å². The Morgan fingerprint density at radius 3 is 2.81 bits per heavy atom. The Morgan fingerprint density at radius 2 is 2.38 bits per heavy atom. The van der Waals surface area contributed by atoms with Crippen LogP contribution in [0.15, 0.2) is 12.4 Å². The van der Waals surface area contributed by atoms with Crippen LogP contribution < -0.4 is 4.90 Å². The molecular weight excluding hydrogens is 210 g/mol. The van der Waals surface area contributed by atoms with Gasteiger partial charge in [-0.15, -0.1) is 0 Å². The van der Waals surface area contributed by atoms with E-state index in [-0.39, 0.29) is 17.7 Å². The number of esters is 1. The fourth-order valence-corrected chi connectivity index (χ4v) is 1.58. The molecule has 0 N–H and O–H groups in total. The Kier molecular flexibility index (Phi) is 2.80. The molecule has 0 spiro atoms. The van der Waals surface area contributed by atoms with Gasteiger partial charge >= 0.3 is 5.97 Å². The van der Waals surface area contributed by atoms with Gasteiger partial charge in [0.15, 0.2) is 6.29 Å². The first kappa shape index (κ1) is 10.5. The first-order valence-corrected chi connectivity index (χ1v) is 4.88. The van der Waals surface area contributed by atoms with Gasteiger partial charge in [-0.05, 0) is 6.42 Å². The van der Waals surface area contributed by atoms with Crippen LogP contribution in [0.1, 0.15) is 16.9 Å². The fraction of sp³-hybridized carbons (Fsp3) is 0.400. The van der Waals surface area contributed by atoms with E-state index in [1.54, 1.807) is 4.90 Å². The normalized spacial score (nSPS) is 18.8. The van der Waals surface area contributed by atoms with Crippen LogP contribution in [0, 0.1) is 0 Å². The minimum atomic E-state index is -0.276. The monoisotopic (exact) mass is 221 g/mol. The van der Waals surface area contributed by atoms with E-state index >= 15 is 0 Å². The van der Waals surface area contributed by atoms with E-state index in [0.29, 0.717) is 12.1 Å². The van der Waals surface area contributed by atoms with E-state index in [2.05, 4.69) is 14.7 Å². The molecule has 2 heterocycles. The molecule has 0 aromatic carbocycles. The van der Waals surface area contributed by atoms with Gasteiger partial charge < -0.3 is 9.64 Å². The van der Waals surface area contributed by atoms with Gasteiger partial charge in [0.2, 0.25) is 0 Å². The van der Waals surface area contributed by atoms with Crippen LogP contribution in [0.25, 0.3) is 0 Å². The Bertz CT molecular complexity index is 404. The van der Waals surface area contributed by atoms with Crippen molar-refractivity contribution >= 4 is 18.1 Å². The maximum Gasteiger partial charge on any atom is 0.328 e. The summed E-state index contributed by atoms with van der Waals surface area (Å²) >= 11 is 0. The molecule has 0 radical (unpaired) electrons.